The number of amides is 1. The second kappa shape index (κ2) is 9.05. The van der Waals surface area contributed by atoms with Crippen LogP contribution < -0.4 is 14.4 Å². The average Bonchev–Trinajstić information content (AvgIpc) is 2.66. The molecule has 2 aromatic carbocycles. The summed E-state index contributed by atoms with van der Waals surface area (Å²) in [4.78, 5) is 12.8. The predicted molar refractivity (Wildman–Crippen MR) is 107 cm³/mol. The number of nitrogens with zero attached hydrogens (tertiary/aromatic N) is 1. The summed E-state index contributed by atoms with van der Waals surface area (Å²) in [5.41, 5.74) is 1.11. The van der Waals surface area contributed by atoms with Gasteiger partial charge in [-0.15, -0.1) is 0 Å². The van der Waals surface area contributed by atoms with Crippen LogP contribution in [0.5, 0.6) is 5.75 Å². The Bertz CT molecular complexity index is 899. The number of hydrogen-bond donors (Lipinski definition) is 1. The normalized spacial score (nSPS) is 13.5. The van der Waals surface area contributed by atoms with Crippen LogP contribution in [-0.4, -0.2) is 33.7 Å². The zero-order valence-corrected chi connectivity index (χ0v) is 17.2. The highest BCUT2D eigenvalue weighted by molar-refractivity contribution is 7.92. The van der Waals surface area contributed by atoms with Crippen molar-refractivity contribution in [3.8, 4) is 5.75 Å². The van der Waals surface area contributed by atoms with E-state index in [0.29, 0.717) is 12.2 Å². The van der Waals surface area contributed by atoms with Crippen LogP contribution >= 0.6 is 0 Å². The first-order valence-electron chi connectivity index (χ1n) is 8.86. The molecule has 0 bridgehead atoms. The molecule has 0 heterocycles. The van der Waals surface area contributed by atoms with Gasteiger partial charge in [0, 0.05) is 0 Å². The molecule has 0 aliphatic carbocycles. The van der Waals surface area contributed by atoms with Gasteiger partial charge in [-0.3, -0.25) is 9.10 Å². The van der Waals surface area contributed by atoms with Gasteiger partial charge in [-0.25, -0.2) is 12.8 Å². The molecule has 152 valence electrons. The number of halogens is 1. The molecule has 0 saturated carbocycles. The fourth-order valence-electron chi connectivity index (χ4n) is 2.95. The van der Waals surface area contributed by atoms with Crippen molar-refractivity contribution in [2.75, 3.05) is 17.7 Å². The lowest BCUT2D eigenvalue weighted by molar-refractivity contribution is -0.122. The van der Waals surface area contributed by atoms with E-state index in [-0.39, 0.29) is 11.7 Å². The summed E-state index contributed by atoms with van der Waals surface area (Å²) in [6, 6.07) is 11.0. The van der Waals surface area contributed by atoms with Crippen molar-refractivity contribution >= 4 is 21.6 Å². The van der Waals surface area contributed by atoms with Crippen LogP contribution in [-0.2, 0) is 14.8 Å². The molecule has 0 aliphatic rings. The van der Waals surface area contributed by atoms with Gasteiger partial charge in [0.2, 0.25) is 15.9 Å². The van der Waals surface area contributed by atoms with E-state index >= 15 is 0 Å². The van der Waals surface area contributed by atoms with E-state index in [2.05, 4.69) is 5.32 Å². The highest BCUT2D eigenvalue weighted by Gasteiger charge is 2.30. The lowest BCUT2D eigenvalue weighted by Crippen LogP contribution is -2.48. The van der Waals surface area contributed by atoms with Crippen molar-refractivity contribution in [2.45, 2.75) is 32.4 Å². The van der Waals surface area contributed by atoms with Gasteiger partial charge in [0.05, 0.1) is 25.1 Å². The Balaban J connectivity index is 2.24. The molecule has 1 amide bonds. The summed E-state index contributed by atoms with van der Waals surface area (Å²) < 4.78 is 43.9. The van der Waals surface area contributed by atoms with E-state index in [9.17, 15) is 17.6 Å². The smallest absolute Gasteiger partial charge is 0.244 e. The second-order valence-electron chi connectivity index (χ2n) is 6.45. The van der Waals surface area contributed by atoms with Crippen molar-refractivity contribution < 1.29 is 22.3 Å². The van der Waals surface area contributed by atoms with Crippen LogP contribution in [0.15, 0.2) is 48.5 Å². The summed E-state index contributed by atoms with van der Waals surface area (Å²) in [7, 11) is -2.18. The van der Waals surface area contributed by atoms with E-state index in [1.807, 2.05) is 19.1 Å². The third-order valence-corrected chi connectivity index (χ3v) is 5.65. The Kier molecular flexibility index (Phi) is 7.01. The molecular formula is C20H25FN2O4S. The van der Waals surface area contributed by atoms with Crippen molar-refractivity contribution in [3.05, 3.63) is 59.9 Å². The van der Waals surface area contributed by atoms with Crippen LogP contribution in [0.2, 0.25) is 0 Å². The minimum absolute atomic E-state index is 0.226. The molecule has 0 unspecified atom stereocenters. The van der Waals surface area contributed by atoms with Crippen LogP contribution in [0.4, 0.5) is 10.1 Å². The molecule has 1 N–H and O–H groups in total. The average molecular weight is 408 g/mol. The van der Waals surface area contributed by atoms with Gasteiger partial charge >= 0.3 is 0 Å². The van der Waals surface area contributed by atoms with Crippen LogP contribution in [0.25, 0.3) is 0 Å². The highest BCUT2D eigenvalue weighted by Crippen LogP contribution is 2.23. The summed E-state index contributed by atoms with van der Waals surface area (Å²) in [5, 5.41) is 2.89. The quantitative estimate of drug-likeness (QED) is 0.728. The number of hydrogen-bond acceptors (Lipinski definition) is 4. The Morgan fingerprint density at radius 1 is 1.14 bits per heavy atom. The maximum absolute atomic E-state index is 13.2. The Morgan fingerprint density at radius 2 is 1.71 bits per heavy atom. The molecule has 6 nitrogen and oxygen atoms in total. The van der Waals surface area contributed by atoms with Gasteiger partial charge in [0.15, 0.2) is 0 Å². The van der Waals surface area contributed by atoms with Crippen LogP contribution in [0.3, 0.4) is 0 Å². The third-order valence-electron chi connectivity index (χ3n) is 4.41. The number of sulfonamides is 1. The molecule has 8 heteroatoms. The summed E-state index contributed by atoms with van der Waals surface area (Å²) in [6.45, 7) is 3.43. The van der Waals surface area contributed by atoms with Crippen molar-refractivity contribution in [2.24, 2.45) is 0 Å². The number of anilines is 1. The van der Waals surface area contributed by atoms with Crippen LogP contribution in [0.1, 0.15) is 31.9 Å². The van der Waals surface area contributed by atoms with Gasteiger partial charge in [0.25, 0.3) is 0 Å². The van der Waals surface area contributed by atoms with Crippen LogP contribution in [0, 0.1) is 5.82 Å². The first kappa shape index (κ1) is 21.7. The molecule has 0 spiro atoms. The molecular weight excluding hydrogens is 383 g/mol. The summed E-state index contributed by atoms with van der Waals surface area (Å²) >= 11 is 0. The predicted octanol–water partition coefficient (Wildman–Crippen LogP) is 3.26. The lowest BCUT2D eigenvalue weighted by Gasteiger charge is -2.29. The number of rotatable bonds is 8. The number of methoxy groups -OCH3 is 1. The van der Waals surface area contributed by atoms with Crippen molar-refractivity contribution in [1.82, 2.24) is 5.32 Å². The van der Waals surface area contributed by atoms with E-state index in [4.69, 9.17) is 4.74 Å². The second-order valence-corrected chi connectivity index (χ2v) is 8.31. The molecule has 0 radical (unpaired) electrons. The maximum Gasteiger partial charge on any atom is 0.244 e. The van der Waals surface area contributed by atoms with E-state index < -0.39 is 27.8 Å². The van der Waals surface area contributed by atoms with Gasteiger partial charge < -0.3 is 10.1 Å². The molecule has 2 aromatic rings. The first-order valence-corrected chi connectivity index (χ1v) is 10.7. The molecule has 2 rings (SSSR count). The fourth-order valence-corrected chi connectivity index (χ4v) is 4.12. The minimum Gasteiger partial charge on any atom is -0.497 e. The summed E-state index contributed by atoms with van der Waals surface area (Å²) in [5.74, 6) is -0.227. The first-order chi connectivity index (χ1) is 13.2. The zero-order chi connectivity index (χ0) is 20.9. The lowest BCUT2D eigenvalue weighted by atomic mass is 10.0. The number of carbonyl (C=O) groups is 1. The largest absolute Gasteiger partial charge is 0.497 e. The Labute approximate surface area is 165 Å². The Hall–Kier alpha value is -2.61. The molecule has 28 heavy (non-hydrogen) atoms. The van der Waals surface area contributed by atoms with Crippen molar-refractivity contribution in [1.29, 1.82) is 0 Å². The number of nitrogens with one attached hydrogen (secondary N) is 1. The van der Waals surface area contributed by atoms with E-state index in [1.165, 1.54) is 19.1 Å². The van der Waals surface area contributed by atoms with Gasteiger partial charge in [-0.05, 0) is 55.3 Å². The van der Waals surface area contributed by atoms with E-state index in [0.717, 1.165) is 28.3 Å². The molecule has 0 aliphatic heterocycles. The van der Waals surface area contributed by atoms with Gasteiger partial charge in [-0.1, -0.05) is 19.1 Å². The summed E-state index contributed by atoms with van der Waals surface area (Å²) in [6.07, 6.45) is 1.64. The zero-order valence-electron chi connectivity index (χ0n) is 16.3. The molecule has 2 atom stereocenters. The number of carbonyl (C=O) groups excluding carboxylic acids is 1. The van der Waals surface area contributed by atoms with Gasteiger partial charge in [0.1, 0.15) is 17.6 Å². The SMILES string of the molecule is CC[C@@H](NC(=O)[C@@H](C)N(c1ccc(F)cc1)S(C)(=O)=O)c1ccc(OC)cc1. The topological polar surface area (TPSA) is 75.7 Å². The molecule has 0 fully saturated rings. The molecule has 0 saturated heterocycles. The van der Waals surface area contributed by atoms with Gasteiger partial charge in [-0.2, -0.15) is 0 Å². The monoisotopic (exact) mass is 408 g/mol. The maximum atomic E-state index is 13.2. The Morgan fingerprint density at radius 3 is 2.18 bits per heavy atom. The highest BCUT2D eigenvalue weighted by atomic mass is 32.2. The number of benzene rings is 2. The van der Waals surface area contributed by atoms with Crippen molar-refractivity contribution in [3.63, 3.8) is 0 Å². The fraction of sp³-hybridized carbons (Fsp3) is 0.350. The third kappa shape index (κ3) is 5.22. The number of ether oxygens (including phenoxy) is 1. The van der Waals surface area contributed by atoms with E-state index in [1.54, 1.807) is 19.2 Å². The minimum atomic E-state index is -3.76. The molecule has 0 aromatic heterocycles. The standard InChI is InChI=1S/C20H25FN2O4S/c1-5-19(15-6-12-18(27-3)13-7-15)22-20(24)14(2)23(28(4,25)26)17-10-8-16(21)9-11-17/h6-14,19H,5H2,1-4H3,(H,22,24)/t14-,19-/m1/s1.